The fraction of sp³-hybridized carbons (Fsp3) is 0.538. The van der Waals surface area contributed by atoms with Gasteiger partial charge in [0, 0.05) is 9.61 Å². The molecular formula is C13H19IN2. The second kappa shape index (κ2) is 5.25. The van der Waals surface area contributed by atoms with Gasteiger partial charge >= 0.3 is 0 Å². The van der Waals surface area contributed by atoms with E-state index < -0.39 is 0 Å². The molecule has 1 fully saturated rings. The summed E-state index contributed by atoms with van der Waals surface area (Å²) >= 11 is 2.29. The fourth-order valence-corrected chi connectivity index (χ4v) is 2.91. The first-order valence-electron chi connectivity index (χ1n) is 5.98. The van der Waals surface area contributed by atoms with Crippen LogP contribution in [0.1, 0.15) is 32.6 Å². The predicted octanol–water partition coefficient (Wildman–Crippen LogP) is 3.86. The van der Waals surface area contributed by atoms with Crippen molar-refractivity contribution in [2.24, 2.45) is 5.92 Å². The molecule has 2 atom stereocenters. The molecule has 1 aromatic carbocycles. The van der Waals surface area contributed by atoms with Crippen LogP contribution in [0.25, 0.3) is 0 Å². The zero-order valence-electron chi connectivity index (χ0n) is 9.67. The summed E-state index contributed by atoms with van der Waals surface area (Å²) in [5, 5.41) is 3.60. The van der Waals surface area contributed by atoms with E-state index >= 15 is 0 Å². The Kier molecular flexibility index (Phi) is 3.95. The number of anilines is 2. The summed E-state index contributed by atoms with van der Waals surface area (Å²) in [6, 6.07) is 6.82. The SMILES string of the molecule is CC1CCCCC1Nc1ccc(I)cc1N. The molecule has 3 heteroatoms. The number of nitrogens with two attached hydrogens (primary N) is 1. The lowest BCUT2D eigenvalue weighted by atomic mass is 9.86. The average molecular weight is 330 g/mol. The molecule has 0 spiro atoms. The van der Waals surface area contributed by atoms with E-state index in [1.54, 1.807) is 0 Å². The smallest absolute Gasteiger partial charge is 0.0576 e. The molecule has 0 heterocycles. The zero-order valence-corrected chi connectivity index (χ0v) is 11.8. The third kappa shape index (κ3) is 2.81. The highest BCUT2D eigenvalue weighted by atomic mass is 127. The Morgan fingerprint density at radius 1 is 1.31 bits per heavy atom. The van der Waals surface area contributed by atoms with Crippen LogP contribution in [0.4, 0.5) is 11.4 Å². The molecule has 0 radical (unpaired) electrons. The minimum atomic E-state index is 0.594. The molecule has 2 rings (SSSR count). The third-order valence-electron chi connectivity index (χ3n) is 3.47. The van der Waals surface area contributed by atoms with Gasteiger partial charge in [-0.1, -0.05) is 19.8 Å². The summed E-state index contributed by atoms with van der Waals surface area (Å²) in [5.74, 6) is 0.757. The highest BCUT2D eigenvalue weighted by Crippen LogP contribution is 2.29. The van der Waals surface area contributed by atoms with Gasteiger partial charge in [0.15, 0.2) is 0 Å². The van der Waals surface area contributed by atoms with Crippen LogP contribution < -0.4 is 11.1 Å². The Labute approximate surface area is 111 Å². The average Bonchev–Trinajstić information content (AvgIpc) is 2.25. The van der Waals surface area contributed by atoms with Crippen molar-refractivity contribution in [2.75, 3.05) is 11.1 Å². The van der Waals surface area contributed by atoms with Crippen LogP contribution in [0.5, 0.6) is 0 Å². The molecular weight excluding hydrogens is 311 g/mol. The number of nitrogens with one attached hydrogen (secondary N) is 1. The van der Waals surface area contributed by atoms with Crippen LogP contribution >= 0.6 is 22.6 Å². The first kappa shape index (κ1) is 12.0. The van der Waals surface area contributed by atoms with Crippen molar-refractivity contribution in [1.82, 2.24) is 0 Å². The Bertz CT molecular complexity index is 365. The molecule has 16 heavy (non-hydrogen) atoms. The quantitative estimate of drug-likeness (QED) is 0.638. The highest BCUT2D eigenvalue weighted by Gasteiger charge is 2.21. The molecule has 1 aliphatic carbocycles. The van der Waals surface area contributed by atoms with E-state index in [1.165, 1.54) is 29.3 Å². The Balaban J connectivity index is 2.07. The molecule has 1 aromatic rings. The number of rotatable bonds is 2. The van der Waals surface area contributed by atoms with E-state index in [9.17, 15) is 0 Å². The van der Waals surface area contributed by atoms with E-state index in [0.29, 0.717) is 6.04 Å². The molecule has 88 valence electrons. The summed E-state index contributed by atoms with van der Waals surface area (Å²) in [6.07, 6.45) is 5.32. The first-order chi connectivity index (χ1) is 7.66. The standard InChI is InChI=1S/C13H19IN2/c1-9-4-2-3-5-12(9)16-13-7-6-10(14)8-11(13)15/h6-9,12,16H,2-5,15H2,1H3. The van der Waals surface area contributed by atoms with Crippen LogP contribution in [-0.2, 0) is 0 Å². The van der Waals surface area contributed by atoms with E-state index in [1.807, 2.05) is 6.07 Å². The van der Waals surface area contributed by atoms with Crippen LogP contribution in [0, 0.1) is 9.49 Å². The Hall–Kier alpha value is -0.450. The van der Waals surface area contributed by atoms with E-state index in [-0.39, 0.29) is 0 Å². The van der Waals surface area contributed by atoms with Gasteiger partial charge in [0.05, 0.1) is 11.4 Å². The largest absolute Gasteiger partial charge is 0.397 e. The van der Waals surface area contributed by atoms with Gasteiger partial charge < -0.3 is 11.1 Å². The fourth-order valence-electron chi connectivity index (χ4n) is 2.40. The summed E-state index contributed by atoms with van der Waals surface area (Å²) in [5.41, 5.74) is 7.98. The van der Waals surface area contributed by atoms with Crippen LogP contribution in [-0.4, -0.2) is 6.04 Å². The van der Waals surface area contributed by atoms with Crippen molar-refractivity contribution in [3.63, 3.8) is 0 Å². The molecule has 1 saturated carbocycles. The number of hydrogen-bond donors (Lipinski definition) is 2. The molecule has 3 N–H and O–H groups in total. The van der Waals surface area contributed by atoms with Crippen LogP contribution in [0.2, 0.25) is 0 Å². The Morgan fingerprint density at radius 2 is 2.06 bits per heavy atom. The lowest BCUT2D eigenvalue weighted by Gasteiger charge is -2.30. The second-order valence-electron chi connectivity index (χ2n) is 4.74. The van der Waals surface area contributed by atoms with Crippen molar-refractivity contribution < 1.29 is 0 Å². The van der Waals surface area contributed by atoms with Crippen LogP contribution in [0.3, 0.4) is 0 Å². The number of benzene rings is 1. The minimum Gasteiger partial charge on any atom is -0.397 e. The number of nitrogen functional groups attached to an aromatic ring is 1. The monoisotopic (exact) mass is 330 g/mol. The van der Waals surface area contributed by atoms with Gasteiger partial charge in [0.2, 0.25) is 0 Å². The summed E-state index contributed by atoms with van der Waals surface area (Å²) in [4.78, 5) is 0. The maximum atomic E-state index is 6.02. The van der Waals surface area contributed by atoms with E-state index in [2.05, 4.69) is 47.0 Å². The lowest BCUT2D eigenvalue weighted by molar-refractivity contribution is 0.349. The minimum absolute atomic E-state index is 0.594. The summed E-state index contributed by atoms with van der Waals surface area (Å²) in [7, 11) is 0. The maximum Gasteiger partial charge on any atom is 0.0576 e. The number of halogens is 1. The van der Waals surface area contributed by atoms with Crippen molar-refractivity contribution in [2.45, 2.75) is 38.6 Å². The molecule has 2 nitrogen and oxygen atoms in total. The molecule has 0 saturated heterocycles. The highest BCUT2D eigenvalue weighted by molar-refractivity contribution is 14.1. The van der Waals surface area contributed by atoms with E-state index in [0.717, 1.165) is 17.3 Å². The van der Waals surface area contributed by atoms with Crippen LogP contribution in [0.15, 0.2) is 18.2 Å². The molecule has 2 unspecified atom stereocenters. The van der Waals surface area contributed by atoms with Crippen molar-refractivity contribution in [1.29, 1.82) is 0 Å². The van der Waals surface area contributed by atoms with Crippen molar-refractivity contribution >= 4 is 34.0 Å². The normalized spacial score (nSPS) is 25.4. The van der Waals surface area contributed by atoms with Gasteiger partial charge in [0.25, 0.3) is 0 Å². The molecule has 0 aromatic heterocycles. The van der Waals surface area contributed by atoms with Crippen molar-refractivity contribution in [3.8, 4) is 0 Å². The Morgan fingerprint density at radius 3 is 2.75 bits per heavy atom. The second-order valence-corrected chi connectivity index (χ2v) is 5.99. The van der Waals surface area contributed by atoms with Gasteiger partial charge in [0.1, 0.15) is 0 Å². The molecule has 1 aliphatic rings. The predicted molar refractivity (Wildman–Crippen MR) is 78.6 cm³/mol. The molecule has 0 amide bonds. The topological polar surface area (TPSA) is 38.0 Å². The first-order valence-corrected chi connectivity index (χ1v) is 7.06. The molecule has 0 bridgehead atoms. The lowest BCUT2D eigenvalue weighted by Crippen LogP contribution is -2.30. The summed E-state index contributed by atoms with van der Waals surface area (Å²) in [6.45, 7) is 2.33. The van der Waals surface area contributed by atoms with Gasteiger partial charge in [-0.25, -0.2) is 0 Å². The number of hydrogen-bond acceptors (Lipinski definition) is 2. The van der Waals surface area contributed by atoms with E-state index in [4.69, 9.17) is 5.73 Å². The zero-order chi connectivity index (χ0) is 11.5. The van der Waals surface area contributed by atoms with Gasteiger partial charge in [-0.2, -0.15) is 0 Å². The maximum absolute atomic E-state index is 6.02. The molecule has 0 aliphatic heterocycles. The van der Waals surface area contributed by atoms with Gasteiger partial charge in [-0.3, -0.25) is 0 Å². The van der Waals surface area contributed by atoms with Gasteiger partial charge in [-0.15, -0.1) is 0 Å². The van der Waals surface area contributed by atoms with Crippen molar-refractivity contribution in [3.05, 3.63) is 21.8 Å². The summed E-state index contributed by atoms with van der Waals surface area (Å²) < 4.78 is 1.19. The van der Waals surface area contributed by atoms with Gasteiger partial charge in [-0.05, 0) is 59.5 Å². The third-order valence-corrected chi connectivity index (χ3v) is 4.14.